The molecule has 0 spiro atoms. The van der Waals surface area contributed by atoms with Crippen molar-refractivity contribution in [3.8, 4) is 5.75 Å². The first-order valence-corrected chi connectivity index (χ1v) is 10.8. The SMILES string of the molecule is O=C(CN1C(=O)C[C@H](N2C(=O)/C(=C/c3ccccc3)SC2=S)C1=O)Nc1ccc(O)cc1. The summed E-state index contributed by atoms with van der Waals surface area (Å²) in [5, 5.41) is 11.9. The summed E-state index contributed by atoms with van der Waals surface area (Å²) in [7, 11) is 0. The molecule has 1 atom stereocenters. The Bertz CT molecular complexity index is 1150. The average Bonchev–Trinajstić information content (AvgIpc) is 3.19. The molecule has 2 N–H and O–H groups in total. The smallest absolute Gasteiger partial charge is 0.266 e. The standard InChI is InChI=1S/C22H17N3O5S2/c26-15-8-6-14(7-9-15)23-18(27)12-24-19(28)11-16(20(24)29)25-21(30)17(32-22(25)31)10-13-4-2-1-3-5-13/h1-10,16,26H,11-12H2,(H,23,27)/b17-10-/t16-/m0/s1. The zero-order chi connectivity index (χ0) is 22.8. The zero-order valence-corrected chi connectivity index (χ0v) is 18.2. The molecule has 2 heterocycles. The number of likely N-dealkylation sites (tertiary alicyclic amines) is 1. The molecule has 4 rings (SSSR count). The Balaban J connectivity index is 1.45. The fourth-order valence-corrected chi connectivity index (χ4v) is 4.73. The fourth-order valence-electron chi connectivity index (χ4n) is 3.37. The number of phenolic OH excluding ortho intramolecular Hbond substituents is 1. The van der Waals surface area contributed by atoms with Crippen LogP contribution in [0.25, 0.3) is 6.08 Å². The maximum atomic E-state index is 12.9. The summed E-state index contributed by atoms with van der Waals surface area (Å²) in [6.07, 6.45) is 1.44. The van der Waals surface area contributed by atoms with Crippen molar-refractivity contribution >= 4 is 63.7 Å². The molecular weight excluding hydrogens is 450 g/mol. The first kappa shape index (κ1) is 21.7. The van der Waals surface area contributed by atoms with Crippen LogP contribution in [-0.4, -0.2) is 55.4 Å². The predicted octanol–water partition coefficient (Wildman–Crippen LogP) is 2.36. The molecule has 0 radical (unpaired) electrons. The van der Waals surface area contributed by atoms with Gasteiger partial charge in [-0.05, 0) is 35.9 Å². The molecule has 162 valence electrons. The highest BCUT2D eigenvalue weighted by atomic mass is 32.2. The number of imide groups is 1. The fraction of sp³-hybridized carbons (Fsp3) is 0.136. The molecule has 10 heteroatoms. The van der Waals surface area contributed by atoms with Crippen molar-refractivity contribution in [2.75, 3.05) is 11.9 Å². The molecule has 0 saturated carbocycles. The van der Waals surface area contributed by atoms with Gasteiger partial charge in [0.1, 0.15) is 22.7 Å². The summed E-state index contributed by atoms with van der Waals surface area (Å²) in [5.41, 5.74) is 1.22. The monoisotopic (exact) mass is 467 g/mol. The van der Waals surface area contributed by atoms with Crippen LogP contribution in [0.3, 0.4) is 0 Å². The molecule has 0 bridgehead atoms. The molecule has 2 fully saturated rings. The number of carbonyl (C=O) groups is 4. The van der Waals surface area contributed by atoms with Crippen molar-refractivity contribution in [1.82, 2.24) is 9.80 Å². The minimum atomic E-state index is -1.07. The molecule has 0 unspecified atom stereocenters. The molecule has 32 heavy (non-hydrogen) atoms. The summed E-state index contributed by atoms with van der Waals surface area (Å²) in [6.45, 7) is -0.482. The van der Waals surface area contributed by atoms with Crippen molar-refractivity contribution in [1.29, 1.82) is 0 Å². The van der Waals surface area contributed by atoms with E-state index in [1.165, 1.54) is 24.3 Å². The van der Waals surface area contributed by atoms with Gasteiger partial charge in [0.15, 0.2) is 0 Å². The number of thioether (sulfide) groups is 1. The third kappa shape index (κ3) is 4.41. The Hall–Kier alpha value is -3.50. The molecule has 0 aromatic heterocycles. The Morgan fingerprint density at radius 1 is 1.12 bits per heavy atom. The largest absolute Gasteiger partial charge is 0.508 e. The van der Waals surface area contributed by atoms with Gasteiger partial charge in [-0.2, -0.15) is 0 Å². The van der Waals surface area contributed by atoms with Gasteiger partial charge in [-0.15, -0.1) is 0 Å². The lowest BCUT2D eigenvalue weighted by Crippen LogP contribution is -2.45. The summed E-state index contributed by atoms with van der Waals surface area (Å²) in [4.78, 5) is 53.0. The highest BCUT2D eigenvalue weighted by molar-refractivity contribution is 8.26. The molecule has 2 aliphatic heterocycles. The summed E-state index contributed by atoms with van der Waals surface area (Å²) in [6, 6.07) is 13.9. The number of phenols is 1. The van der Waals surface area contributed by atoms with Gasteiger partial charge in [0, 0.05) is 5.69 Å². The van der Waals surface area contributed by atoms with E-state index in [1.54, 1.807) is 6.08 Å². The van der Waals surface area contributed by atoms with Gasteiger partial charge in [0.05, 0.1) is 11.3 Å². The number of hydrogen-bond acceptors (Lipinski definition) is 7. The van der Waals surface area contributed by atoms with Crippen LogP contribution in [0, 0.1) is 0 Å². The average molecular weight is 468 g/mol. The topological polar surface area (TPSA) is 107 Å². The van der Waals surface area contributed by atoms with Gasteiger partial charge < -0.3 is 10.4 Å². The van der Waals surface area contributed by atoms with E-state index in [0.717, 1.165) is 27.1 Å². The summed E-state index contributed by atoms with van der Waals surface area (Å²) in [5.74, 6) is -2.17. The van der Waals surface area contributed by atoms with Gasteiger partial charge in [-0.1, -0.05) is 54.3 Å². The third-order valence-corrected chi connectivity index (χ3v) is 6.24. The van der Waals surface area contributed by atoms with Crippen LogP contribution in [0.15, 0.2) is 59.5 Å². The zero-order valence-electron chi connectivity index (χ0n) is 16.6. The Morgan fingerprint density at radius 2 is 1.81 bits per heavy atom. The van der Waals surface area contributed by atoms with Crippen molar-refractivity contribution in [2.24, 2.45) is 0 Å². The third-order valence-electron chi connectivity index (χ3n) is 4.91. The molecule has 2 saturated heterocycles. The van der Waals surface area contributed by atoms with Crippen LogP contribution in [-0.2, 0) is 19.2 Å². The second-order valence-electron chi connectivity index (χ2n) is 7.10. The lowest BCUT2D eigenvalue weighted by atomic mass is 10.2. The predicted molar refractivity (Wildman–Crippen MR) is 123 cm³/mol. The van der Waals surface area contributed by atoms with Crippen LogP contribution < -0.4 is 5.32 Å². The first-order valence-electron chi connectivity index (χ1n) is 9.58. The number of amides is 4. The maximum absolute atomic E-state index is 12.9. The van der Waals surface area contributed by atoms with Crippen molar-refractivity contribution < 1.29 is 24.3 Å². The number of hydrogen-bond donors (Lipinski definition) is 2. The molecule has 2 aromatic carbocycles. The number of carbonyl (C=O) groups excluding carboxylic acids is 4. The number of rotatable bonds is 5. The van der Waals surface area contributed by atoms with Gasteiger partial charge >= 0.3 is 0 Å². The van der Waals surface area contributed by atoms with E-state index in [9.17, 15) is 24.3 Å². The highest BCUT2D eigenvalue weighted by Crippen LogP contribution is 2.36. The van der Waals surface area contributed by atoms with E-state index in [-0.39, 0.29) is 16.5 Å². The lowest BCUT2D eigenvalue weighted by Gasteiger charge is -2.21. The van der Waals surface area contributed by atoms with E-state index in [0.29, 0.717) is 10.6 Å². The number of anilines is 1. The number of nitrogens with one attached hydrogen (secondary N) is 1. The van der Waals surface area contributed by atoms with E-state index in [1.807, 2.05) is 30.3 Å². The molecule has 2 aromatic rings. The quantitative estimate of drug-likeness (QED) is 0.301. The first-order chi connectivity index (χ1) is 15.3. The number of aromatic hydroxyl groups is 1. The molecule has 4 amide bonds. The Kier molecular flexibility index (Phi) is 6.06. The van der Waals surface area contributed by atoms with Gasteiger partial charge in [-0.3, -0.25) is 29.0 Å². The van der Waals surface area contributed by atoms with E-state index in [4.69, 9.17) is 12.2 Å². The number of benzene rings is 2. The Morgan fingerprint density at radius 3 is 2.50 bits per heavy atom. The van der Waals surface area contributed by atoms with Crippen molar-refractivity contribution in [3.63, 3.8) is 0 Å². The molecule has 0 aliphatic carbocycles. The number of thiocarbonyl (C=S) groups is 1. The van der Waals surface area contributed by atoms with Crippen molar-refractivity contribution in [2.45, 2.75) is 12.5 Å². The molecule has 2 aliphatic rings. The summed E-state index contributed by atoms with van der Waals surface area (Å²) < 4.78 is 0.193. The normalized spacial score (nSPS) is 19.9. The van der Waals surface area contributed by atoms with E-state index >= 15 is 0 Å². The van der Waals surface area contributed by atoms with Gasteiger partial charge in [-0.25, -0.2) is 0 Å². The summed E-state index contributed by atoms with van der Waals surface area (Å²) >= 11 is 6.38. The lowest BCUT2D eigenvalue weighted by molar-refractivity contribution is -0.143. The van der Waals surface area contributed by atoms with Gasteiger partial charge in [0.2, 0.25) is 11.8 Å². The minimum absolute atomic E-state index is 0.0422. The minimum Gasteiger partial charge on any atom is -0.508 e. The van der Waals surface area contributed by atoms with Crippen LogP contribution in [0.5, 0.6) is 5.75 Å². The highest BCUT2D eigenvalue weighted by Gasteiger charge is 2.48. The van der Waals surface area contributed by atoms with Crippen LogP contribution in [0.1, 0.15) is 12.0 Å². The second kappa shape index (κ2) is 8.93. The van der Waals surface area contributed by atoms with Gasteiger partial charge in [0.25, 0.3) is 11.8 Å². The maximum Gasteiger partial charge on any atom is 0.266 e. The van der Waals surface area contributed by atoms with Crippen molar-refractivity contribution in [3.05, 3.63) is 65.1 Å². The second-order valence-corrected chi connectivity index (χ2v) is 8.77. The van der Waals surface area contributed by atoms with E-state index in [2.05, 4.69) is 5.32 Å². The van der Waals surface area contributed by atoms with Crippen LogP contribution >= 0.6 is 24.0 Å². The van der Waals surface area contributed by atoms with E-state index < -0.39 is 36.2 Å². The molecule has 8 nitrogen and oxygen atoms in total. The Labute approximate surface area is 192 Å². The number of nitrogens with zero attached hydrogens (tertiary/aromatic N) is 2. The van der Waals surface area contributed by atoms with Crippen LogP contribution in [0.4, 0.5) is 5.69 Å². The molecular formula is C22H17N3O5S2. The van der Waals surface area contributed by atoms with Crippen LogP contribution in [0.2, 0.25) is 0 Å².